The number of nitriles is 1. The number of benzene rings is 2. The van der Waals surface area contributed by atoms with Gasteiger partial charge in [0.2, 0.25) is 5.91 Å². The molecule has 2 aromatic rings. The molecule has 0 bridgehead atoms. The minimum atomic E-state index is -0.522. The zero-order chi connectivity index (χ0) is 13.4. The Kier molecular flexibility index (Phi) is 2.57. The summed E-state index contributed by atoms with van der Waals surface area (Å²) < 4.78 is 0. The van der Waals surface area contributed by atoms with Gasteiger partial charge in [0.05, 0.1) is 11.8 Å². The van der Waals surface area contributed by atoms with Crippen molar-refractivity contribution >= 4 is 28.4 Å². The molecule has 0 saturated carbocycles. The number of fused-ring (bicyclic) bond motifs is 3. The van der Waals surface area contributed by atoms with Gasteiger partial charge in [0, 0.05) is 12.5 Å². The second-order valence-electron chi connectivity index (χ2n) is 4.54. The third kappa shape index (κ3) is 1.69. The predicted molar refractivity (Wildman–Crippen MR) is 75.5 cm³/mol. The maximum Gasteiger partial charge on any atom is 0.225 e. The van der Waals surface area contributed by atoms with Crippen molar-refractivity contribution in [2.24, 2.45) is 0 Å². The van der Waals surface area contributed by atoms with Crippen molar-refractivity contribution in [3.8, 4) is 6.07 Å². The molecule has 0 saturated heterocycles. The summed E-state index contributed by atoms with van der Waals surface area (Å²) >= 11 is 0. The molecule has 0 spiro atoms. The molecule has 3 rings (SSSR count). The Morgan fingerprint density at radius 3 is 2.79 bits per heavy atom. The van der Waals surface area contributed by atoms with Gasteiger partial charge in [-0.2, -0.15) is 5.26 Å². The molecule has 0 N–H and O–H groups in total. The number of nitrogens with zero attached hydrogens (tertiary/aromatic N) is 2. The van der Waals surface area contributed by atoms with Crippen LogP contribution in [0.25, 0.3) is 16.8 Å². The van der Waals surface area contributed by atoms with Gasteiger partial charge in [-0.15, -0.1) is 0 Å². The van der Waals surface area contributed by atoms with Gasteiger partial charge in [-0.25, -0.2) is 0 Å². The van der Waals surface area contributed by atoms with Crippen LogP contribution in [0.15, 0.2) is 42.5 Å². The summed E-state index contributed by atoms with van der Waals surface area (Å²) in [6, 6.07) is 13.6. The van der Waals surface area contributed by atoms with E-state index in [1.165, 1.54) is 6.92 Å². The Balaban J connectivity index is 2.31. The monoisotopic (exact) mass is 248 g/mol. The van der Waals surface area contributed by atoms with Crippen LogP contribution in [0.1, 0.15) is 12.5 Å². The van der Waals surface area contributed by atoms with Gasteiger partial charge in [0.1, 0.15) is 6.04 Å². The van der Waals surface area contributed by atoms with Gasteiger partial charge in [-0.3, -0.25) is 9.69 Å². The standard InChI is InChI=1S/C16H12N2O/c1-11(19)18-13(10-17)7-8-15-14-5-3-2-4-12(14)6-9-16(15)18/h2-9,13H,1H3. The molecule has 92 valence electrons. The van der Waals surface area contributed by atoms with E-state index >= 15 is 0 Å². The van der Waals surface area contributed by atoms with E-state index in [0.29, 0.717) is 0 Å². The van der Waals surface area contributed by atoms with Crippen molar-refractivity contribution in [2.75, 3.05) is 4.90 Å². The molecule has 1 aliphatic rings. The van der Waals surface area contributed by atoms with E-state index in [2.05, 4.69) is 6.07 Å². The lowest BCUT2D eigenvalue weighted by molar-refractivity contribution is -0.116. The van der Waals surface area contributed by atoms with E-state index in [1.807, 2.05) is 42.5 Å². The van der Waals surface area contributed by atoms with Crippen molar-refractivity contribution in [3.05, 3.63) is 48.0 Å². The maximum absolute atomic E-state index is 11.8. The number of anilines is 1. The molecule has 2 aromatic carbocycles. The van der Waals surface area contributed by atoms with Crippen LogP contribution in [0, 0.1) is 11.3 Å². The van der Waals surface area contributed by atoms with E-state index in [9.17, 15) is 4.79 Å². The van der Waals surface area contributed by atoms with E-state index in [1.54, 1.807) is 11.0 Å². The Bertz CT molecular complexity index is 740. The van der Waals surface area contributed by atoms with Gasteiger partial charge in [0.25, 0.3) is 0 Å². The lowest BCUT2D eigenvalue weighted by Gasteiger charge is -2.29. The fraction of sp³-hybridized carbons (Fsp3) is 0.125. The Morgan fingerprint density at radius 1 is 1.26 bits per heavy atom. The van der Waals surface area contributed by atoms with Crippen molar-refractivity contribution in [1.29, 1.82) is 5.26 Å². The minimum Gasteiger partial charge on any atom is -0.292 e. The average molecular weight is 248 g/mol. The van der Waals surface area contributed by atoms with Gasteiger partial charge in [-0.1, -0.05) is 36.4 Å². The van der Waals surface area contributed by atoms with Crippen molar-refractivity contribution in [2.45, 2.75) is 13.0 Å². The number of carbonyl (C=O) groups excluding carboxylic acids is 1. The molecule has 1 aliphatic heterocycles. The first kappa shape index (κ1) is 11.5. The first-order chi connectivity index (χ1) is 9.22. The number of hydrogen-bond donors (Lipinski definition) is 0. The molecule has 0 aromatic heterocycles. The largest absolute Gasteiger partial charge is 0.292 e. The van der Waals surface area contributed by atoms with Crippen molar-refractivity contribution in [1.82, 2.24) is 0 Å². The summed E-state index contributed by atoms with van der Waals surface area (Å²) in [5.74, 6) is -0.118. The molecule has 3 heteroatoms. The van der Waals surface area contributed by atoms with Crippen LogP contribution in [0.5, 0.6) is 0 Å². The summed E-state index contributed by atoms with van der Waals surface area (Å²) in [5, 5.41) is 11.4. The molecule has 1 heterocycles. The highest BCUT2D eigenvalue weighted by Gasteiger charge is 2.26. The van der Waals surface area contributed by atoms with E-state index in [0.717, 1.165) is 22.0 Å². The van der Waals surface area contributed by atoms with E-state index < -0.39 is 6.04 Å². The summed E-state index contributed by atoms with van der Waals surface area (Å²) in [5.41, 5.74) is 1.81. The second-order valence-corrected chi connectivity index (χ2v) is 4.54. The normalized spacial score (nSPS) is 17.1. The average Bonchev–Trinajstić information content (AvgIpc) is 2.45. The number of rotatable bonds is 0. The van der Waals surface area contributed by atoms with Crippen LogP contribution in [-0.2, 0) is 4.79 Å². The van der Waals surface area contributed by atoms with Crippen LogP contribution in [-0.4, -0.2) is 11.9 Å². The number of hydrogen-bond acceptors (Lipinski definition) is 2. The lowest BCUT2D eigenvalue weighted by atomic mass is 9.97. The smallest absolute Gasteiger partial charge is 0.225 e. The summed E-state index contributed by atoms with van der Waals surface area (Å²) in [4.78, 5) is 13.4. The number of amides is 1. The van der Waals surface area contributed by atoms with E-state index in [4.69, 9.17) is 5.26 Å². The SMILES string of the molecule is CC(=O)N1c2ccc3ccccc3c2C=CC1C#N. The first-order valence-corrected chi connectivity index (χ1v) is 6.12. The molecule has 3 nitrogen and oxygen atoms in total. The molecule has 1 amide bonds. The molecule has 0 fully saturated rings. The zero-order valence-corrected chi connectivity index (χ0v) is 10.5. The molecular formula is C16H12N2O. The Morgan fingerprint density at radius 2 is 2.05 bits per heavy atom. The summed E-state index contributed by atoms with van der Waals surface area (Å²) in [7, 11) is 0. The van der Waals surface area contributed by atoms with Gasteiger partial charge in [0.15, 0.2) is 0 Å². The summed E-state index contributed by atoms with van der Waals surface area (Å²) in [6.07, 6.45) is 3.71. The van der Waals surface area contributed by atoms with Gasteiger partial charge < -0.3 is 0 Å². The Labute approximate surface area is 111 Å². The third-order valence-corrected chi connectivity index (χ3v) is 3.40. The highest BCUT2D eigenvalue weighted by molar-refractivity contribution is 6.04. The minimum absolute atomic E-state index is 0.118. The lowest BCUT2D eigenvalue weighted by Crippen LogP contribution is -2.38. The Hall–Kier alpha value is -2.60. The van der Waals surface area contributed by atoms with Crippen LogP contribution < -0.4 is 4.90 Å². The van der Waals surface area contributed by atoms with Crippen LogP contribution in [0.4, 0.5) is 5.69 Å². The third-order valence-electron chi connectivity index (χ3n) is 3.40. The molecule has 1 unspecified atom stereocenters. The highest BCUT2D eigenvalue weighted by atomic mass is 16.2. The molecule has 0 radical (unpaired) electrons. The second kappa shape index (κ2) is 4.25. The van der Waals surface area contributed by atoms with Gasteiger partial charge >= 0.3 is 0 Å². The quantitative estimate of drug-likeness (QED) is 0.719. The topological polar surface area (TPSA) is 44.1 Å². The van der Waals surface area contributed by atoms with E-state index in [-0.39, 0.29) is 5.91 Å². The molecule has 0 aliphatic carbocycles. The fourth-order valence-corrected chi connectivity index (χ4v) is 2.56. The zero-order valence-electron chi connectivity index (χ0n) is 10.5. The van der Waals surface area contributed by atoms with Crippen molar-refractivity contribution in [3.63, 3.8) is 0 Å². The summed E-state index contributed by atoms with van der Waals surface area (Å²) in [6.45, 7) is 1.49. The molecular weight excluding hydrogens is 236 g/mol. The molecule has 19 heavy (non-hydrogen) atoms. The number of carbonyl (C=O) groups is 1. The van der Waals surface area contributed by atoms with Crippen LogP contribution in [0.2, 0.25) is 0 Å². The van der Waals surface area contributed by atoms with Crippen LogP contribution in [0.3, 0.4) is 0 Å². The fourth-order valence-electron chi connectivity index (χ4n) is 2.56. The van der Waals surface area contributed by atoms with Crippen molar-refractivity contribution < 1.29 is 4.79 Å². The molecule has 1 atom stereocenters. The maximum atomic E-state index is 11.8. The van der Waals surface area contributed by atoms with Gasteiger partial charge in [-0.05, 0) is 22.9 Å². The predicted octanol–water partition coefficient (Wildman–Crippen LogP) is 3.11. The first-order valence-electron chi connectivity index (χ1n) is 6.12. The van der Waals surface area contributed by atoms with Crippen LogP contribution >= 0.6 is 0 Å². The highest BCUT2D eigenvalue weighted by Crippen LogP contribution is 2.34.